The summed E-state index contributed by atoms with van der Waals surface area (Å²) in [6.07, 6.45) is 7.41. The van der Waals surface area contributed by atoms with Crippen LogP contribution in [-0.4, -0.2) is 19.2 Å². The average Bonchev–Trinajstić information content (AvgIpc) is 2.42. The lowest BCUT2D eigenvalue weighted by Gasteiger charge is -2.23. The number of para-hydroxylation sites is 1. The minimum atomic E-state index is 0.664. The van der Waals surface area contributed by atoms with Crippen molar-refractivity contribution in [3.8, 4) is 5.75 Å². The maximum Gasteiger partial charge on any atom is 0.122 e. The van der Waals surface area contributed by atoms with E-state index >= 15 is 0 Å². The van der Waals surface area contributed by atoms with Crippen LogP contribution < -0.4 is 10.1 Å². The SMILES string of the molecule is CCCc1ccccc1OCCC1CCCCN1. The lowest BCUT2D eigenvalue weighted by atomic mass is 10.0. The number of benzene rings is 1. The van der Waals surface area contributed by atoms with Gasteiger partial charge in [0.05, 0.1) is 6.61 Å². The Bertz CT molecular complexity index is 345. The molecule has 2 nitrogen and oxygen atoms in total. The summed E-state index contributed by atoms with van der Waals surface area (Å²) >= 11 is 0. The van der Waals surface area contributed by atoms with Gasteiger partial charge in [-0.05, 0) is 43.9 Å². The van der Waals surface area contributed by atoms with E-state index in [1.165, 1.54) is 37.8 Å². The lowest BCUT2D eigenvalue weighted by molar-refractivity contribution is 0.266. The number of aryl methyl sites for hydroxylation is 1. The molecule has 1 heterocycles. The molecule has 0 aromatic heterocycles. The maximum absolute atomic E-state index is 5.95. The molecule has 1 fully saturated rings. The summed E-state index contributed by atoms with van der Waals surface area (Å²) in [4.78, 5) is 0. The molecule has 1 unspecified atom stereocenters. The Hall–Kier alpha value is -1.02. The van der Waals surface area contributed by atoms with Crippen LogP contribution in [0.4, 0.5) is 0 Å². The topological polar surface area (TPSA) is 21.3 Å². The van der Waals surface area contributed by atoms with Crippen LogP contribution in [0, 0.1) is 0 Å². The first-order valence-electron chi connectivity index (χ1n) is 7.34. The third-order valence-corrected chi connectivity index (χ3v) is 3.63. The summed E-state index contributed by atoms with van der Waals surface area (Å²) in [6, 6.07) is 9.10. The molecule has 1 aliphatic heterocycles. The van der Waals surface area contributed by atoms with Gasteiger partial charge in [0.2, 0.25) is 0 Å². The molecule has 2 rings (SSSR count). The zero-order chi connectivity index (χ0) is 12.6. The van der Waals surface area contributed by atoms with E-state index in [4.69, 9.17) is 4.74 Å². The van der Waals surface area contributed by atoms with Gasteiger partial charge in [-0.25, -0.2) is 0 Å². The van der Waals surface area contributed by atoms with Crippen molar-refractivity contribution in [3.05, 3.63) is 29.8 Å². The van der Waals surface area contributed by atoms with Gasteiger partial charge >= 0.3 is 0 Å². The van der Waals surface area contributed by atoms with Crippen LogP contribution in [0.25, 0.3) is 0 Å². The molecular weight excluding hydrogens is 222 g/mol. The van der Waals surface area contributed by atoms with Crippen molar-refractivity contribution < 1.29 is 4.74 Å². The van der Waals surface area contributed by atoms with E-state index in [-0.39, 0.29) is 0 Å². The molecule has 2 heteroatoms. The van der Waals surface area contributed by atoms with Crippen LogP contribution in [0.1, 0.15) is 44.6 Å². The predicted octanol–water partition coefficient (Wildman–Crippen LogP) is 3.55. The highest BCUT2D eigenvalue weighted by atomic mass is 16.5. The minimum absolute atomic E-state index is 0.664. The molecule has 0 radical (unpaired) electrons. The Labute approximate surface area is 111 Å². The Morgan fingerprint density at radius 3 is 2.94 bits per heavy atom. The second-order valence-electron chi connectivity index (χ2n) is 5.14. The molecule has 1 aromatic carbocycles. The third kappa shape index (κ3) is 4.02. The van der Waals surface area contributed by atoms with E-state index in [0.29, 0.717) is 6.04 Å². The molecule has 1 atom stereocenters. The third-order valence-electron chi connectivity index (χ3n) is 3.63. The van der Waals surface area contributed by atoms with Crippen molar-refractivity contribution in [1.82, 2.24) is 5.32 Å². The minimum Gasteiger partial charge on any atom is -0.493 e. The summed E-state index contributed by atoms with van der Waals surface area (Å²) in [5, 5.41) is 3.57. The summed E-state index contributed by atoms with van der Waals surface area (Å²) in [7, 11) is 0. The fraction of sp³-hybridized carbons (Fsp3) is 0.625. The molecule has 18 heavy (non-hydrogen) atoms. The van der Waals surface area contributed by atoms with E-state index in [1.54, 1.807) is 0 Å². The Balaban J connectivity index is 1.78. The van der Waals surface area contributed by atoms with Crippen molar-refractivity contribution in [2.45, 2.75) is 51.5 Å². The standard InChI is InChI=1S/C16H25NO/c1-2-7-14-8-3-4-10-16(14)18-13-11-15-9-5-6-12-17-15/h3-4,8,10,15,17H,2,5-7,9,11-13H2,1H3. The van der Waals surface area contributed by atoms with E-state index in [1.807, 2.05) is 0 Å². The monoisotopic (exact) mass is 247 g/mol. The highest BCUT2D eigenvalue weighted by Crippen LogP contribution is 2.20. The second-order valence-corrected chi connectivity index (χ2v) is 5.14. The molecular formula is C16H25NO. The van der Waals surface area contributed by atoms with Crippen molar-refractivity contribution in [3.63, 3.8) is 0 Å². The predicted molar refractivity (Wildman–Crippen MR) is 76.2 cm³/mol. The number of ether oxygens (including phenoxy) is 1. The van der Waals surface area contributed by atoms with E-state index in [0.717, 1.165) is 25.2 Å². The Kier molecular flexibility index (Phi) is 5.53. The summed E-state index contributed by atoms with van der Waals surface area (Å²) < 4.78 is 5.95. The second kappa shape index (κ2) is 7.42. The van der Waals surface area contributed by atoms with Gasteiger partial charge in [-0.1, -0.05) is 38.0 Å². The van der Waals surface area contributed by atoms with Crippen molar-refractivity contribution in [1.29, 1.82) is 0 Å². The van der Waals surface area contributed by atoms with E-state index < -0.39 is 0 Å². The molecule has 0 amide bonds. The normalized spacial score (nSPS) is 19.7. The van der Waals surface area contributed by atoms with Gasteiger partial charge in [-0.2, -0.15) is 0 Å². The van der Waals surface area contributed by atoms with Gasteiger partial charge in [-0.3, -0.25) is 0 Å². The van der Waals surface area contributed by atoms with E-state index in [2.05, 4.69) is 36.5 Å². The fourth-order valence-electron chi connectivity index (χ4n) is 2.60. The number of hydrogen-bond donors (Lipinski definition) is 1. The van der Waals surface area contributed by atoms with Crippen LogP contribution in [0.3, 0.4) is 0 Å². The van der Waals surface area contributed by atoms with Crippen molar-refractivity contribution in [2.75, 3.05) is 13.2 Å². The van der Waals surface area contributed by atoms with Gasteiger partial charge < -0.3 is 10.1 Å². The first kappa shape index (κ1) is 13.4. The molecule has 0 aliphatic carbocycles. The molecule has 100 valence electrons. The smallest absolute Gasteiger partial charge is 0.122 e. The average molecular weight is 247 g/mol. The number of hydrogen-bond acceptors (Lipinski definition) is 2. The van der Waals surface area contributed by atoms with Crippen LogP contribution in [0.2, 0.25) is 0 Å². The lowest BCUT2D eigenvalue weighted by Crippen LogP contribution is -2.35. The Morgan fingerprint density at radius 1 is 1.28 bits per heavy atom. The highest BCUT2D eigenvalue weighted by Gasteiger charge is 2.12. The van der Waals surface area contributed by atoms with Gasteiger partial charge in [0, 0.05) is 6.04 Å². The van der Waals surface area contributed by atoms with Crippen molar-refractivity contribution >= 4 is 0 Å². The molecule has 0 saturated carbocycles. The molecule has 0 spiro atoms. The zero-order valence-corrected chi connectivity index (χ0v) is 11.5. The summed E-state index contributed by atoms with van der Waals surface area (Å²) in [5.41, 5.74) is 1.34. The fourth-order valence-corrected chi connectivity index (χ4v) is 2.60. The van der Waals surface area contributed by atoms with Crippen LogP contribution >= 0.6 is 0 Å². The van der Waals surface area contributed by atoms with Gasteiger partial charge in [-0.15, -0.1) is 0 Å². The first-order chi connectivity index (χ1) is 8.90. The van der Waals surface area contributed by atoms with E-state index in [9.17, 15) is 0 Å². The van der Waals surface area contributed by atoms with Crippen LogP contribution in [-0.2, 0) is 6.42 Å². The first-order valence-corrected chi connectivity index (χ1v) is 7.34. The molecule has 1 aliphatic rings. The number of rotatable bonds is 6. The number of piperidine rings is 1. The Morgan fingerprint density at radius 2 is 2.17 bits per heavy atom. The van der Waals surface area contributed by atoms with Gasteiger partial charge in [0.25, 0.3) is 0 Å². The molecule has 1 aromatic rings. The zero-order valence-electron chi connectivity index (χ0n) is 11.5. The van der Waals surface area contributed by atoms with Gasteiger partial charge in [0.15, 0.2) is 0 Å². The molecule has 1 saturated heterocycles. The van der Waals surface area contributed by atoms with Gasteiger partial charge in [0.1, 0.15) is 5.75 Å². The van der Waals surface area contributed by atoms with Crippen molar-refractivity contribution in [2.24, 2.45) is 0 Å². The number of nitrogens with one attached hydrogen (secondary N) is 1. The largest absolute Gasteiger partial charge is 0.493 e. The summed E-state index contributed by atoms with van der Waals surface area (Å²) in [6.45, 7) is 4.22. The quantitative estimate of drug-likeness (QED) is 0.830. The van der Waals surface area contributed by atoms with Crippen LogP contribution in [0.5, 0.6) is 5.75 Å². The molecule has 1 N–H and O–H groups in total. The highest BCUT2D eigenvalue weighted by molar-refractivity contribution is 5.33. The maximum atomic E-state index is 5.95. The summed E-state index contributed by atoms with van der Waals surface area (Å²) in [5.74, 6) is 1.08. The molecule has 0 bridgehead atoms. The van der Waals surface area contributed by atoms with Crippen LogP contribution in [0.15, 0.2) is 24.3 Å².